The molecule has 0 aromatic rings. The molecule has 2 fully saturated rings. The van der Waals surface area contributed by atoms with E-state index in [1.807, 2.05) is 7.05 Å². The van der Waals surface area contributed by atoms with Crippen LogP contribution in [0.2, 0.25) is 0 Å². The molecule has 0 aliphatic heterocycles. The smallest absolute Gasteiger partial charge is 0.317 e. The third kappa shape index (κ3) is 4.12. The number of halogens is 3. The molecule has 2 saturated carbocycles. The maximum Gasteiger partial charge on any atom is 0.392 e. The summed E-state index contributed by atoms with van der Waals surface area (Å²) in [5.74, 6) is -0.662. The third-order valence-electron chi connectivity index (χ3n) is 5.44. The van der Waals surface area contributed by atoms with Gasteiger partial charge in [0.15, 0.2) is 0 Å². The van der Waals surface area contributed by atoms with E-state index in [0.717, 1.165) is 25.7 Å². The Labute approximate surface area is 120 Å². The van der Waals surface area contributed by atoms with Crippen LogP contribution in [-0.4, -0.2) is 19.3 Å². The average Bonchev–Trinajstić information content (AvgIpc) is 2.45. The minimum Gasteiger partial charge on any atom is -0.317 e. The number of alkyl halides is 3. The zero-order chi connectivity index (χ0) is 14.6. The first kappa shape index (κ1) is 16.1. The second kappa shape index (κ2) is 7.15. The van der Waals surface area contributed by atoms with Gasteiger partial charge in [-0.05, 0) is 38.1 Å². The van der Waals surface area contributed by atoms with E-state index in [0.29, 0.717) is 12.3 Å². The molecule has 118 valence electrons. The van der Waals surface area contributed by atoms with Crippen LogP contribution in [0, 0.1) is 17.8 Å². The van der Waals surface area contributed by atoms with Gasteiger partial charge in [0.25, 0.3) is 0 Å². The molecule has 4 heteroatoms. The predicted octanol–water partition coefficient (Wildman–Crippen LogP) is 4.91. The van der Waals surface area contributed by atoms with E-state index < -0.39 is 12.1 Å². The molecule has 0 saturated heterocycles. The van der Waals surface area contributed by atoms with Crippen molar-refractivity contribution >= 4 is 0 Å². The molecule has 1 N–H and O–H groups in total. The molecule has 20 heavy (non-hydrogen) atoms. The van der Waals surface area contributed by atoms with Gasteiger partial charge in [-0.1, -0.05) is 44.9 Å². The molecule has 2 aliphatic rings. The highest BCUT2D eigenvalue weighted by Gasteiger charge is 2.47. The van der Waals surface area contributed by atoms with Gasteiger partial charge in [-0.2, -0.15) is 13.2 Å². The maximum atomic E-state index is 13.2. The normalized spacial score (nSPS) is 31.2. The fourth-order valence-corrected chi connectivity index (χ4v) is 4.34. The van der Waals surface area contributed by atoms with Crippen LogP contribution in [0.25, 0.3) is 0 Å². The molecule has 2 rings (SSSR count). The van der Waals surface area contributed by atoms with E-state index in [1.54, 1.807) is 0 Å². The van der Waals surface area contributed by atoms with Crippen molar-refractivity contribution in [2.45, 2.75) is 76.4 Å². The number of hydrogen-bond donors (Lipinski definition) is 1. The summed E-state index contributed by atoms with van der Waals surface area (Å²) in [6, 6.07) is 0.0463. The summed E-state index contributed by atoms with van der Waals surface area (Å²) in [6.07, 6.45) is 5.92. The van der Waals surface area contributed by atoms with Gasteiger partial charge in [-0.25, -0.2) is 0 Å². The van der Waals surface area contributed by atoms with E-state index in [-0.39, 0.29) is 12.0 Å². The topological polar surface area (TPSA) is 12.0 Å². The largest absolute Gasteiger partial charge is 0.392 e. The van der Waals surface area contributed by atoms with Crippen molar-refractivity contribution in [2.75, 3.05) is 7.05 Å². The molecule has 0 bridgehead atoms. The third-order valence-corrected chi connectivity index (χ3v) is 5.44. The first-order valence-corrected chi connectivity index (χ1v) is 8.26. The van der Waals surface area contributed by atoms with Crippen molar-refractivity contribution in [1.82, 2.24) is 5.32 Å². The highest BCUT2D eigenvalue weighted by Crippen LogP contribution is 2.44. The molecule has 0 aromatic heterocycles. The van der Waals surface area contributed by atoms with Gasteiger partial charge in [0.05, 0.1) is 5.92 Å². The van der Waals surface area contributed by atoms with Crippen molar-refractivity contribution in [3.05, 3.63) is 0 Å². The van der Waals surface area contributed by atoms with Crippen molar-refractivity contribution in [1.29, 1.82) is 0 Å². The van der Waals surface area contributed by atoms with Crippen molar-refractivity contribution in [3.8, 4) is 0 Å². The molecule has 0 heterocycles. The highest BCUT2D eigenvalue weighted by atomic mass is 19.4. The lowest BCUT2D eigenvalue weighted by molar-refractivity contribution is -0.199. The van der Waals surface area contributed by atoms with Crippen LogP contribution < -0.4 is 5.32 Å². The van der Waals surface area contributed by atoms with Crippen LogP contribution in [0.1, 0.15) is 64.2 Å². The Balaban J connectivity index is 1.99. The van der Waals surface area contributed by atoms with Crippen LogP contribution in [0.15, 0.2) is 0 Å². The summed E-state index contributed by atoms with van der Waals surface area (Å²) in [4.78, 5) is 0. The summed E-state index contributed by atoms with van der Waals surface area (Å²) in [6.45, 7) is 0. The molecular weight excluding hydrogens is 263 g/mol. The summed E-state index contributed by atoms with van der Waals surface area (Å²) in [5, 5.41) is 3.22. The second-order valence-corrected chi connectivity index (χ2v) is 6.73. The number of nitrogens with one attached hydrogen (secondary N) is 1. The molecular formula is C16H28F3N. The molecule has 2 aliphatic carbocycles. The lowest BCUT2D eigenvalue weighted by Crippen LogP contribution is -2.45. The Morgan fingerprint density at radius 3 is 2.15 bits per heavy atom. The lowest BCUT2D eigenvalue weighted by Gasteiger charge is -2.39. The van der Waals surface area contributed by atoms with E-state index in [2.05, 4.69) is 5.32 Å². The highest BCUT2D eigenvalue weighted by molar-refractivity contribution is 4.89. The Morgan fingerprint density at radius 1 is 0.950 bits per heavy atom. The summed E-state index contributed by atoms with van der Waals surface area (Å²) >= 11 is 0. The Hall–Kier alpha value is -0.250. The van der Waals surface area contributed by atoms with Gasteiger partial charge in [0.1, 0.15) is 0 Å². The maximum absolute atomic E-state index is 13.2. The molecule has 0 aromatic carbocycles. The van der Waals surface area contributed by atoms with Gasteiger partial charge < -0.3 is 5.32 Å². The van der Waals surface area contributed by atoms with Crippen LogP contribution in [0.3, 0.4) is 0 Å². The summed E-state index contributed by atoms with van der Waals surface area (Å²) in [5.41, 5.74) is 0. The Morgan fingerprint density at radius 2 is 1.55 bits per heavy atom. The van der Waals surface area contributed by atoms with Crippen LogP contribution >= 0.6 is 0 Å². The second-order valence-electron chi connectivity index (χ2n) is 6.73. The van der Waals surface area contributed by atoms with E-state index in [9.17, 15) is 13.2 Å². The zero-order valence-corrected chi connectivity index (χ0v) is 12.5. The monoisotopic (exact) mass is 291 g/mol. The van der Waals surface area contributed by atoms with Crippen molar-refractivity contribution in [2.24, 2.45) is 17.8 Å². The summed E-state index contributed by atoms with van der Waals surface area (Å²) < 4.78 is 39.7. The molecule has 3 atom stereocenters. The lowest BCUT2D eigenvalue weighted by atomic mass is 9.71. The number of hydrogen-bond acceptors (Lipinski definition) is 1. The van der Waals surface area contributed by atoms with Gasteiger partial charge >= 0.3 is 6.18 Å². The van der Waals surface area contributed by atoms with E-state index in [4.69, 9.17) is 0 Å². The van der Waals surface area contributed by atoms with E-state index >= 15 is 0 Å². The molecule has 0 radical (unpaired) electrons. The number of rotatable bonds is 4. The Kier molecular flexibility index (Phi) is 5.76. The Bertz CT molecular complexity index is 284. The van der Waals surface area contributed by atoms with Gasteiger partial charge in [-0.3, -0.25) is 0 Å². The molecule has 0 amide bonds. The summed E-state index contributed by atoms with van der Waals surface area (Å²) in [7, 11) is 1.84. The van der Waals surface area contributed by atoms with Gasteiger partial charge in [-0.15, -0.1) is 0 Å². The van der Waals surface area contributed by atoms with Crippen LogP contribution in [-0.2, 0) is 0 Å². The minimum absolute atomic E-state index is 0.0463. The standard InChI is InChI=1S/C16H28F3N/c1-20-15(11-12-7-3-2-4-8-12)13-9-5-6-10-14(13)16(17,18)19/h12-15,20H,2-11H2,1H3. The first-order chi connectivity index (χ1) is 9.52. The molecule has 1 nitrogen and oxygen atoms in total. The average molecular weight is 291 g/mol. The fourth-order valence-electron chi connectivity index (χ4n) is 4.34. The van der Waals surface area contributed by atoms with Crippen molar-refractivity contribution < 1.29 is 13.2 Å². The zero-order valence-electron chi connectivity index (χ0n) is 12.5. The van der Waals surface area contributed by atoms with Crippen LogP contribution in [0.4, 0.5) is 13.2 Å². The minimum atomic E-state index is -4.02. The first-order valence-electron chi connectivity index (χ1n) is 8.26. The van der Waals surface area contributed by atoms with Crippen LogP contribution in [0.5, 0.6) is 0 Å². The van der Waals surface area contributed by atoms with E-state index in [1.165, 1.54) is 32.1 Å². The molecule has 3 unspecified atom stereocenters. The van der Waals surface area contributed by atoms with Gasteiger partial charge in [0, 0.05) is 6.04 Å². The molecule has 0 spiro atoms. The van der Waals surface area contributed by atoms with Crippen molar-refractivity contribution in [3.63, 3.8) is 0 Å². The fraction of sp³-hybridized carbons (Fsp3) is 1.00. The SMILES string of the molecule is CNC(CC1CCCCC1)C1CCCCC1C(F)(F)F. The van der Waals surface area contributed by atoms with Gasteiger partial charge in [0.2, 0.25) is 0 Å². The predicted molar refractivity (Wildman–Crippen MR) is 75.5 cm³/mol. The quantitative estimate of drug-likeness (QED) is 0.775.